The van der Waals surface area contributed by atoms with Crippen LogP contribution in [0.15, 0.2) is 72.8 Å². The smallest absolute Gasteiger partial charge is 0.333 e. The lowest BCUT2D eigenvalue weighted by molar-refractivity contribution is -0.149. The lowest BCUT2D eigenvalue weighted by Crippen LogP contribution is -2.26. The van der Waals surface area contributed by atoms with Crippen molar-refractivity contribution in [1.82, 2.24) is 0 Å². The van der Waals surface area contributed by atoms with Crippen molar-refractivity contribution in [3.8, 4) is 16.9 Å². The first-order valence-electron chi connectivity index (χ1n) is 10.2. The van der Waals surface area contributed by atoms with E-state index in [0.29, 0.717) is 35.4 Å². The van der Waals surface area contributed by atoms with Gasteiger partial charge in [-0.15, -0.1) is 0 Å². The van der Waals surface area contributed by atoms with Gasteiger partial charge in [0.25, 0.3) is 0 Å². The number of ether oxygens (including phenoxy) is 2. The van der Waals surface area contributed by atoms with E-state index in [0.717, 1.165) is 22.3 Å². The van der Waals surface area contributed by atoms with Gasteiger partial charge in [0.2, 0.25) is 0 Å². The van der Waals surface area contributed by atoms with Crippen LogP contribution in [0.25, 0.3) is 17.2 Å². The van der Waals surface area contributed by atoms with Crippen LogP contribution >= 0.6 is 23.2 Å². The zero-order chi connectivity index (χ0) is 22.9. The maximum absolute atomic E-state index is 11.2. The van der Waals surface area contributed by atoms with Crippen LogP contribution in [-0.2, 0) is 16.0 Å². The molecular formula is C26H24Cl2O4. The van der Waals surface area contributed by atoms with Crippen molar-refractivity contribution in [2.45, 2.75) is 19.4 Å². The third kappa shape index (κ3) is 6.60. The second-order valence-corrected chi connectivity index (χ2v) is 7.85. The molecule has 0 aliphatic rings. The van der Waals surface area contributed by atoms with Crippen LogP contribution in [-0.4, -0.2) is 30.4 Å². The van der Waals surface area contributed by atoms with Gasteiger partial charge >= 0.3 is 5.97 Å². The molecule has 3 rings (SSSR count). The lowest BCUT2D eigenvalue weighted by atomic mass is 10.0. The SMILES string of the molecule is CCOC(Cc1ccc(OCC=Cc2ccc(-c3cccc(Cl)c3Cl)cc2)cc1)C(=O)O. The molecule has 3 aromatic carbocycles. The van der Waals surface area contributed by atoms with Crippen molar-refractivity contribution in [3.63, 3.8) is 0 Å². The van der Waals surface area contributed by atoms with Crippen LogP contribution < -0.4 is 4.74 Å². The normalized spacial score (nSPS) is 12.1. The number of carbonyl (C=O) groups is 1. The van der Waals surface area contributed by atoms with Crippen molar-refractivity contribution in [2.24, 2.45) is 0 Å². The molecule has 0 saturated carbocycles. The van der Waals surface area contributed by atoms with Gasteiger partial charge in [0.05, 0.1) is 10.0 Å². The molecule has 0 bridgehead atoms. The summed E-state index contributed by atoms with van der Waals surface area (Å²) >= 11 is 12.4. The Kier molecular flexibility index (Phi) is 8.74. The summed E-state index contributed by atoms with van der Waals surface area (Å²) in [5, 5.41) is 10.3. The molecule has 0 radical (unpaired) electrons. The number of rotatable bonds is 10. The number of halogens is 2. The van der Waals surface area contributed by atoms with Crippen molar-refractivity contribution in [2.75, 3.05) is 13.2 Å². The van der Waals surface area contributed by atoms with Crippen molar-refractivity contribution in [1.29, 1.82) is 0 Å². The first-order valence-corrected chi connectivity index (χ1v) is 11.0. The Labute approximate surface area is 198 Å². The van der Waals surface area contributed by atoms with Gasteiger partial charge in [0.1, 0.15) is 12.4 Å². The third-order valence-corrected chi connectivity index (χ3v) is 5.64. The molecule has 1 N–H and O–H groups in total. The highest BCUT2D eigenvalue weighted by molar-refractivity contribution is 6.43. The fraction of sp³-hybridized carbons (Fsp3) is 0.192. The van der Waals surface area contributed by atoms with Gasteiger partial charge in [-0.3, -0.25) is 0 Å². The third-order valence-electron chi connectivity index (χ3n) is 4.82. The van der Waals surface area contributed by atoms with Crippen molar-refractivity contribution < 1.29 is 19.4 Å². The number of carboxylic acids is 1. The number of hydrogen-bond donors (Lipinski definition) is 1. The second kappa shape index (κ2) is 11.7. The van der Waals surface area contributed by atoms with Gasteiger partial charge in [-0.1, -0.05) is 77.8 Å². The molecule has 0 amide bonds. The summed E-state index contributed by atoms with van der Waals surface area (Å²) in [5.74, 6) is -0.242. The van der Waals surface area contributed by atoms with Crippen LogP contribution in [0.3, 0.4) is 0 Å². The Morgan fingerprint density at radius 2 is 1.75 bits per heavy atom. The van der Waals surface area contributed by atoms with E-state index < -0.39 is 12.1 Å². The van der Waals surface area contributed by atoms with E-state index in [1.165, 1.54) is 0 Å². The van der Waals surface area contributed by atoms with E-state index in [2.05, 4.69) is 0 Å². The minimum Gasteiger partial charge on any atom is -0.490 e. The Morgan fingerprint density at radius 1 is 1.03 bits per heavy atom. The minimum absolute atomic E-state index is 0.319. The predicted molar refractivity (Wildman–Crippen MR) is 130 cm³/mol. The van der Waals surface area contributed by atoms with E-state index in [1.807, 2.05) is 72.8 Å². The van der Waals surface area contributed by atoms with Crippen LogP contribution in [0, 0.1) is 0 Å². The Hall–Kier alpha value is -2.79. The van der Waals surface area contributed by atoms with Gasteiger partial charge in [-0.05, 0) is 47.9 Å². The van der Waals surface area contributed by atoms with Gasteiger partial charge in [0.15, 0.2) is 6.10 Å². The Morgan fingerprint density at radius 3 is 2.41 bits per heavy atom. The van der Waals surface area contributed by atoms with E-state index in [1.54, 1.807) is 13.0 Å². The summed E-state index contributed by atoms with van der Waals surface area (Å²) in [4.78, 5) is 11.2. The summed E-state index contributed by atoms with van der Waals surface area (Å²) in [5.41, 5.74) is 3.83. The molecule has 3 aromatic rings. The Bertz CT molecular complexity index is 1060. The average Bonchev–Trinajstić information content (AvgIpc) is 2.80. The zero-order valence-corrected chi connectivity index (χ0v) is 19.1. The summed E-state index contributed by atoms with van der Waals surface area (Å²) in [7, 11) is 0. The van der Waals surface area contributed by atoms with Gasteiger partial charge in [0, 0.05) is 18.6 Å². The molecule has 166 valence electrons. The van der Waals surface area contributed by atoms with E-state index in [9.17, 15) is 9.90 Å². The summed E-state index contributed by atoms with van der Waals surface area (Å²) < 4.78 is 11.0. The molecule has 1 atom stereocenters. The van der Waals surface area contributed by atoms with Gasteiger partial charge in [-0.2, -0.15) is 0 Å². The molecule has 0 aromatic heterocycles. The quantitative estimate of drug-likeness (QED) is 0.354. The van der Waals surface area contributed by atoms with Crippen molar-refractivity contribution in [3.05, 3.63) is 94.0 Å². The monoisotopic (exact) mass is 470 g/mol. The molecule has 0 fully saturated rings. The fourth-order valence-electron chi connectivity index (χ4n) is 3.18. The number of benzene rings is 3. The summed E-state index contributed by atoms with van der Waals surface area (Å²) in [6.07, 6.45) is 3.40. The molecule has 32 heavy (non-hydrogen) atoms. The van der Waals surface area contributed by atoms with Crippen LogP contribution in [0.5, 0.6) is 5.75 Å². The van der Waals surface area contributed by atoms with Crippen molar-refractivity contribution >= 4 is 35.2 Å². The highest BCUT2D eigenvalue weighted by Crippen LogP contribution is 2.33. The van der Waals surface area contributed by atoms with E-state index in [4.69, 9.17) is 32.7 Å². The maximum Gasteiger partial charge on any atom is 0.333 e. The van der Waals surface area contributed by atoms with Crippen LogP contribution in [0.2, 0.25) is 10.0 Å². The zero-order valence-electron chi connectivity index (χ0n) is 17.6. The standard InChI is InChI=1S/C26H24Cl2O4/c1-2-31-24(26(29)30)17-19-10-14-21(15-11-19)32-16-4-5-18-8-12-20(13-9-18)22-6-3-7-23(27)25(22)28/h3-15,24H,2,16-17H2,1H3,(H,29,30). The largest absolute Gasteiger partial charge is 0.490 e. The molecular weight excluding hydrogens is 447 g/mol. The van der Waals surface area contributed by atoms with Gasteiger partial charge in [-0.25, -0.2) is 4.79 Å². The van der Waals surface area contributed by atoms with Gasteiger partial charge < -0.3 is 14.6 Å². The second-order valence-electron chi connectivity index (χ2n) is 7.07. The fourth-order valence-corrected chi connectivity index (χ4v) is 3.59. The molecule has 4 nitrogen and oxygen atoms in total. The average molecular weight is 471 g/mol. The molecule has 0 heterocycles. The number of aliphatic carboxylic acids is 1. The summed E-state index contributed by atoms with van der Waals surface area (Å²) in [6.45, 7) is 2.56. The first kappa shape index (κ1) is 23.9. The molecule has 0 spiro atoms. The minimum atomic E-state index is -0.957. The Balaban J connectivity index is 1.52. The number of carboxylic acid groups (broad SMARTS) is 1. The first-order chi connectivity index (χ1) is 15.5. The topological polar surface area (TPSA) is 55.8 Å². The maximum atomic E-state index is 11.2. The highest BCUT2D eigenvalue weighted by Gasteiger charge is 2.17. The highest BCUT2D eigenvalue weighted by atomic mass is 35.5. The van der Waals surface area contributed by atoms with Crippen LogP contribution in [0.1, 0.15) is 18.1 Å². The lowest BCUT2D eigenvalue weighted by Gasteiger charge is -2.12. The molecule has 1 unspecified atom stereocenters. The molecule has 6 heteroatoms. The van der Waals surface area contributed by atoms with E-state index >= 15 is 0 Å². The van der Waals surface area contributed by atoms with Crippen LogP contribution in [0.4, 0.5) is 0 Å². The predicted octanol–water partition coefficient (Wildman–Crippen LogP) is 6.78. The molecule has 0 aliphatic carbocycles. The number of hydrogen-bond acceptors (Lipinski definition) is 3. The van der Waals surface area contributed by atoms with E-state index in [-0.39, 0.29) is 0 Å². The molecule has 0 saturated heterocycles. The molecule has 0 aliphatic heterocycles. The summed E-state index contributed by atoms with van der Waals surface area (Å²) in [6, 6.07) is 21.0.